The molecule has 0 saturated carbocycles. The van der Waals surface area contributed by atoms with Gasteiger partial charge >= 0.3 is 0 Å². The van der Waals surface area contributed by atoms with Crippen LogP contribution in [0.25, 0.3) is 0 Å². The maximum atomic E-state index is 13.5. The summed E-state index contributed by atoms with van der Waals surface area (Å²) in [4.78, 5) is 12.0. The molecule has 5 nitrogen and oxygen atoms in total. The summed E-state index contributed by atoms with van der Waals surface area (Å²) in [6.45, 7) is 3.42. The molecule has 9 heteroatoms. The van der Waals surface area contributed by atoms with Gasteiger partial charge in [0.2, 0.25) is 15.9 Å². The Hall–Kier alpha value is -2.39. The standard InChI is InChI=1S/C18H19F3N2O3S/c1-11(2)23-27(25,26)13-6-3-12(4-7-13)5-10-16(24)22-15-9-8-14(19)17(20)18(15)21/h3-4,6-9,11,23H,5,10H2,1-2H3,(H,22,24). The van der Waals surface area contributed by atoms with Gasteiger partial charge in [-0.3, -0.25) is 4.79 Å². The van der Waals surface area contributed by atoms with E-state index < -0.39 is 39.1 Å². The maximum Gasteiger partial charge on any atom is 0.240 e. The zero-order valence-electron chi connectivity index (χ0n) is 14.7. The molecule has 0 bridgehead atoms. The van der Waals surface area contributed by atoms with Crippen molar-refractivity contribution in [2.45, 2.75) is 37.6 Å². The van der Waals surface area contributed by atoms with E-state index in [4.69, 9.17) is 0 Å². The fourth-order valence-electron chi connectivity index (χ4n) is 2.31. The Balaban J connectivity index is 1.97. The van der Waals surface area contributed by atoms with Gasteiger partial charge in [-0.1, -0.05) is 12.1 Å². The van der Waals surface area contributed by atoms with Gasteiger partial charge in [0.25, 0.3) is 0 Å². The lowest BCUT2D eigenvalue weighted by atomic mass is 10.1. The number of sulfonamides is 1. The zero-order valence-corrected chi connectivity index (χ0v) is 15.5. The Bertz CT molecular complexity index is 930. The molecule has 1 amide bonds. The van der Waals surface area contributed by atoms with Crippen LogP contribution < -0.4 is 10.0 Å². The van der Waals surface area contributed by atoms with Crippen molar-refractivity contribution in [3.63, 3.8) is 0 Å². The van der Waals surface area contributed by atoms with E-state index in [1.165, 1.54) is 12.1 Å². The summed E-state index contributed by atoms with van der Waals surface area (Å²) in [7, 11) is -3.60. The van der Waals surface area contributed by atoms with Crippen molar-refractivity contribution in [1.29, 1.82) is 0 Å². The minimum Gasteiger partial charge on any atom is -0.323 e. The molecule has 0 aromatic heterocycles. The summed E-state index contributed by atoms with van der Waals surface area (Å²) in [5, 5.41) is 2.18. The highest BCUT2D eigenvalue weighted by molar-refractivity contribution is 7.89. The molecule has 0 fully saturated rings. The van der Waals surface area contributed by atoms with Gasteiger partial charge in [0, 0.05) is 12.5 Å². The summed E-state index contributed by atoms with van der Waals surface area (Å²) >= 11 is 0. The Morgan fingerprint density at radius 2 is 1.63 bits per heavy atom. The normalized spacial score (nSPS) is 11.6. The highest BCUT2D eigenvalue weighted by Crippen LogP contribution is 2.20. The molecule has 2 rings (SSSR count). The molecule has 0 aliphatic heterocycles. The molecule has 0 atom stereocenters. The monoisotopic (exact) mass is 400 g/mol. The summed E-state index contributed by atoms with van der Waals surface area (Å²) in [5.41, 5.74) is 0.250. The molecule has 2 aromatic carbocycles. The largest absolute Gasteiger partial charge is 0.323 e. The van der Waals surface area contributed by atoms with Crippen molar-refractivity contribution < 1.29 is 26.4 Å². The van der Waals surface area contributed by atoms with Crippen LogP contribution in [0, 0.1) is 17.5 Å². The van der Waals surface area contributed by atoms with Gasteiger partial charge in [0.05, 0.1) is 10.6 Å². The fraction of sp³-hybridized carbons (Fsp3) is 0.278. The molecule has 2 N–H and O–H groups in total. The van der Waals surface area contributed by atoms with Crippen molar-refractivity contribution in [1.82, 2.24) is 4.72 Å². The summed E-state index contributed by atoms with van der Waals surface area (Å²) < 4.78 is 66.1. The van der Waals surface area contributed by atoms with Crippen LogP contribution in [0.2, 0.25) is 0 Å². The van der Waals surface area contributed by atoms with Crippen molar-refractivity contribution in [2.75, 3.05) is 5.32 Å². The molecule has 0 unspecified atom stereocenters. The van der Waals surface area contributed by atoms with E-state index in [9.17, 15) is 26.4 Å². The summed E-state index contributed by atoms with van der Waals surface area (Å²) in [6.07, 6.45) is 0.212. The van der Waals surface area contributed by atoms with Gasteiger partial charge in [-0.25, -0.2) is 26.3 Å². The van der Waals surface area contributed by atoms with Crippen LogP contribution in [0.15, 0.2) is 41.3 Å². The number of nitrogens with one attached hydrogen (secondary N) is 2. The van der Waals surface area contributed by atoms with Crippen LogP contribution >= 0.6 is 0 Å². The Morgan fingerprint density at radius 3 is 2.22 bits per heavy atom. The van der Waals surface area contributed by atoms with Crippen LogP contribution in [-0.2, 0) is 21.2 Å². The molecule has 0 spiro atoms. The van der Waals surface area contributed by atoms with Gasteiger partial charge in [-0.2, -0.15) is 0 Å². The number of anilines is 1. The van der Waals surface area contributed by atoms with Crippen LogP contribution in [-0.4, -0.2) is 20.4 Å². The zero-order chi connectivity index (χ0) is 20.2. The van der Waals surface area contributed by atoms with Crippen molar-refractivity contribution in [2.24, 2.45) is 0 Å². The number of carbonyl (C=O) groups excluding carboxylic acids is 1. The number of hydrogen-bond acceptors (Lipinski definition) is 3. The van der Waals surface area contributed by atoms with E-state index in [0.717, 1.165) is 12.1 Å². The first-order valence-corrected chi connectivity index (χ1v) is 9.63. The molecule has 0 aliphatic carbocycles. The van der Waals surface area contributed by atoms with Gasteiger partial charge in [-0.15, -0.1) is 0 Å². The number of amides is 1. The van der Waals surface area contributed by atoms with Gasteiger partial charge in [0.15, 0.2) is 17.5 Å². The third kappa shape index (κ3) is 5.54. The third-order valence-electron chi connectivity index (χ3n) is 3.57. The van der Waals surface area contributed by atoms with Crippen molar-refractivity contribution in [3.8, 4) is 0 Å². The lowest BCUT2D eigenvalue weighted by Crippen LogP contribution is -2.30. The molecular formula is C18H19F3N2O3S. The SMILES string of the molecule is CC(C)NS(=O)(=O)c1ccc(CCC(=O)Nc2ccc(F)c(F)c2F)cc1. The van der Waals surface area contributed by atoms with Gasteiger partial charge < -0.3 is 5.32 Å². The lowest BCUT2D eigenvalue weighted by Gasteiger charge is -2.10. The van der Waals surface area contributed by atoms with Crippen molar-refractivity contribution >= 4 is 21.6 Å². The first-order chi connectivity index (χ1) is 12.6. The number of hydrogen-bond donors (Lipinski definition) is 2. The minimum atomic E-state index is -3.60. The average molecular weight is 400 g/mol. The molecule has 0 aliphatic rings. The molecule has 146 valence electrons. The van der Waals surface area contributed by atoms with E-state index in [-0.39, 0.29) is 23.8 Å². The predicted octanol–water partition coefficient (Wildman–Crippen LogP) is 3.36. The molecular weight excluding hydrogens is 381 g/mol. The van der Waals surface area contributed by atoms with E-state index in [1.807, 2.05) is 0 Å². The Morgan fingerprint density at radius 1 is 1.00 bits per heavy atom. The number of carbonyl (C=O) groups is 1. The second-order valence-corrected chi connectivity index (χ2v) is 7.91. The van der Waals surface area contributed by atoms with E-state index in [0.29, 0.717) is 5.56 Å². The topological polar surface area (TPSA) is 75.3 Å². The number of rotatable bonds is 7. The minimum absolute atomic E-state index is 0.0468. The number of benzene rings is 2. The third-order valence-corrected chi connectivity index (χ3v) is 5.25. The summed E-state index contributed by atoms with van der Waals surface area (Å²) in [6, 6.07) is 7.40. The predicted molar refractivity (Wildman–Crippen MR) is 95.2 cm³/mol. The van der Waals surface area contributed by atoms with Crippen LogP contribution in [0.5, 0.6) is 0 Å². The Kier molecular flexibility index (Phi) is 6.61. The first kappa shape index (κ1) is 20.9. The summed E-state index contributed by atoms with van der Waals surface area (Å²) in [5.74, 6) is -5.04. The van der Waals surface area contributed by atoms with E-state index in [1.54, 1.807) is 26.0 Å². The Labute approximate surface area is 155 Å². The smallest absolute Gasteiger partial charge is 0.240 e. The van der Waals surface area contributed by atoms with E-state index in [2.05, 4.69) is 10.0 Å². The molecule has 27 heavy (non-hydrogen) atoms. The second-order valence-electron chi connectivity index (χ2n) is 6.19. The first-order valence-electron chi connectivity index (χ1n) is 8.15. The van der Waals surface area contributed by atoms with Gasteiger partial charge in [0.1, 0.15) is 0 Å². The van der Waals surface area contributed by atoms with Gasteiger partial charge in [-0.05, 0) is 50.1 Å². The van der Waals surface area contributed by atoms with Crippen LogP contribution in [0.1, 0.15) is 25.8 Å². The number of aryl methyl sites for hydroxylation is 1. The quantitative estimate of drug-likeness (QED) is 0.700. The second kappa shape index (κ2) is 8.53. The molecule has 2 aromatic rings. The molecule has 0 heterocycles. The fourth-order valence-corrected chi connectivity index (χ4v) is 3.56. The highest BCUT2D eigenvalue weighted by Gasteiger charge is 2.16. The molecule has 0 radical (unpaired) electrons. The number of halogens is 3. The van der Waals surface area contributed by atoms with E-state index >= 15 is 0 Å². The maximum absolute atomic E-state index is 13.5. The average Bonchev–Trinajstić information content (AvgIpc) is 2.60. The van der Waals surface area contributed by atoms with Crippen LogP contribution in [0.4, 0.5) is 18.9 Å². The van der Waals surface area contributed by atoms with Crippen molar-refractivity contribution in [3.05, 3.63) is 59.4 Å². The highest BCUT2D eigenvalue weighted by atomic mass is 32.2. The van der Waals surface area contributed by atoms with Crippen LogP contribution in [0.3, 0.4) is 0 Å². The molecule has 0 saturated heterocycles. The lowest BCUT2D eigenvalue weighted by molar-refractivity contribution is -0.116.